The van der Waals surface area contributed by atoms with Crippen molar-refractivity contribution in [2.75, 3.05) is 5.32 Å². The fourth-order valence-electron chi connectivity index (χ4n) is 2.45. The molecule has 0 aliphatic carbocycles. The van der Waals surface area contributed by atoms with Gasteiger partial charge in [0.2, 0.25) is 5.91 Å². The van der Waals surface area contributed by atoms with E-state index in [0.29, 0.717) is 11.6 Å². The highest BCUT2D eigenvalue weighted by atomic mass is 16.2. The third-order valence-corrected chi connectivity index (χ3v) is 3.65. The van der Waals surface area contributed by atoms with Crippen LogP contribution in [-0.4, -0.2) is 36.3 Å². The van der Waals surface area contributed by atoms with E-state index in [1.54, 1.807) is 0 Å². The monoisotopic (exact) mass is 325 g/mol. The molecule has 124 valence electrons. The highest BCUT2D eigenvalue weighted by Gasteiger charge is 2.14. The molecule has 2 aromatic heterocycles. The predicted octanol–water partition coefficient (Wildman–Crippen LogP) is 2.13. The summed E-state index contributed by atoms with van der Waals surface area (Å²) in [5, 5.41) is 21.2. The van der Waals surface area contributed by atoms with Gasteiger partial charge >= 0.3 is 0 Å². The molecule has 0 fully saturated rings. The highest BCUT2D eigenvalue weighted by Crippen LogP contribution is 2.23. The summed E-state index contributed by atoms with van der Waals surface area (Å²) < 4.78 is 1.49. The Morgan fingerprint density at radius 2 is 2.12 bits per heavy atom. The first-order valence-corrected chi connectivity index (χ1v) is 7.72. The third kappa shape index (κ3) is 3.32. The largest absolute Gasteiger partial charge is 0.308 e. The molecule has 8 heteroatoms. The van der Waals surface area contributed by atoms with Gasteiger partial charge in [-0.1, -0.05) is 38.1 Å². The number of nitrogens with zero attached hydrogens (tertiary/aromatic N) is 5. The average molecular weight is 325 g/mol. The van der Waals surface area contributed by atoms with Gasteiger partial charge < -0.3 is 5.32 Å². The van der Waals surface area contributed by atoms with Crippen molar-refractivity contribution in [2.45, 2.75) is 33.2 Å². The molecule has 0 spiro atoms. The van der Waals surface area contributed by atoms with Crippen LogP contribution in [0.25, 0.3) is 11.3 Å². The molecule has 0 aliphatic heterocycles. The Kier molecular flexibility index (Phi) is 4.37. The molecule has 0 aliphatic rings. The minimum Gasteiger partial charge on any atom is -0.308 e. The molecule has 0 saturated carbocycles. The van der Waals surface area contributed by atoms with Crippen LogP contribution in [0.4, 0.5) is 5.82 Å². The lowest BCUT2D eigenvalue weighted by atomic mass is 10.1. The Morgan fingerprint density at radius 1 is 1.33 bits per heavy atom. The van der Waals surface area contributed by atoms with E-state index < -0.39 is 0 Å². The van der Waals surface area contributed by atoms with Crippen LogP contribution in [0.15, 0.2) is 30.3 Å². The zero-order valence-corrected chi connectivity index (χ0v) is 13.8. The van der Waals surface area contributed by atoms with Crippen LogP contribution in [0.3, 0.4) is 0 Å². The summed E-state index contributed by atoms with van der Waals surface area (Å²) in [4.78, 5) is 12.2. The number of nitrogens with one attached hydrogen (secondary N) is 2. The molecule has 3 rings (SSSR count). The molecule has 2 N–H and O–H groups in total. The van der Waals surface area contributed by atoms with E-state index in [1.165, 1.54) is 4.68 Å². The lowest BCUT2D eigenvalue weighted by Crippen LogP contribution is -2.21. The van der Waals surface area contributed by atoms with E-state index in [0.717, 1.165) is 16.8 Å². The van der Waals surface area contributed by atoms with Crippen molar-refractivity contribution in [1.29, 1.82) is 0 Å². The van der Waals surface area contributed by atoms with Crippen molar-refractivity contribution in [1.82, 2.24) is 30.4 Å². The molecular formula is C16H19N7O. The molecule has 1 aromatic carbocycles. The summed E-state index contributed by atoms with van der Waals surface area (Å²) in [5.41, 5.74) is 3.04. The van der Waals surface area contributed by atoms with Crippen molar-refractivity contribution in [3.05, 3.63) is 41.7 Å². The smallest absolute Gasteiger partial charge is 0.247 e. The van der Waals surface area contributed by atoms with Crippen molar-refractivity contribution in [3.63, 3.8) is 0 Å². The average Bonchev–Trinajstić information content (AvgIpc) is 3.17. The zero-order valence-electron chi connectivity index (χ0n) is 13.8. The molecule has 2 heterocycles. The Balaban J connectivity index is 1.70. The number of rotatable bonds is 5. The molecule has 3 aromatic rings. The van der Waals surface area contributed by atoms with E-state index in [1.807, 2.05) is 51.1 Å². The first-order valence-electron chi connectivity index (χ1n) is 7.72. The minimum absolute atomic E-state index is 0.0487. The summed E-state index contributed by atoms with van der Waals surface area (Å²) in [7, 11) is 0. The summed E-state index contributed by atoms with van der Waals surface area (Å²) >= 11 is 0. The van der Waals surface area contributed by atoms with Crippen LogP contribution in [-0.2, 0) is 11.3 Å². The lowest BCUT2D eigenvalue weighted by molar-refractivity contribution is -0.117. The fourth-order valence-corrected chi connectivity index (χ4v) is 2.45. The molecule has 8 nitrogen and oxygen atoms in total. The summed E-state index contributed by atoms with van der Waals surface area (Å²) in [5.74, 6) is 1.06. The molecule has 1 amide bonds. The van der Waals surface area contributed by atoms with Crippen LogP contribution in [0.1, 0.15) is 31.2 Å². The number of H-pyrrole nitrogens is 1. The van der Waals surface area contributed by atoms with Gasteiger partial charge in [-0.2, -0.15) is 5.10 Å². The standard InChI is InChI=1S/C16H19N7O/c1-10(2)16-20-21-22-23(16)9-15(24)17-14-8-13(18-19-14)12-7-5-4-6-11(12)3/h4-8,10H,9H2,1-3H3,(H2,17,18,19,24). The molecule has 0 unspecified atom stereocenters. The predicted molar refractivity (Wildman–Crippen MR) is 89.3 cm³/mol. The Morgan fingerprint density at radius 3 is 2.88 bits per heavy atom. The van der Waals surface area contributed by atoms with Crippen molar-refractivity contribution in [3.8, 4) is 11.3 Å². The number of amides is 1. The van der Waals surface area contributed by atoms with Gasteiger partial charge in [0, 0.05) is 17.5 Å². The molecule has 0 bridgehead atoms. The number of aromatic amines is 1. The van der Waals surface area contributed by atoms with Gasteiger partial charge in [0.15, 0.2) is 11.6 Å². The molecule has 0 atom stereocenters. The quantitative estimate of drug-likeness (QED) is 0.748. The highest BCUT2D eigenvalue weighted by molar-refractivity contribution is 5.90. The van der Waals surface area contributed by atoms with Crippen molar-refractivity contribution >= 4 is 11.7 Å². The second-order valence-electron chi connectivity index (χ2n) is 5.88. The first-order chi connectivity index (χ1) is 11.5. The maximum atomic E-state index is 12.2. The van der Waals surface area contributed by atoms with Crippen LogP contribution in [0, 0.1) is 6.92 Å². The van der Waals surface area contributed by atoms with Crippen LogP contribution >= 0.6 is 0 Å². The maximum absolute atomic E-state index is 12.2. The van der Waals surface area contributed by atoms with Crippen molar-refractivity contribution < 1.29 is 4.79 Å². The van der Waals surface area contributed by atoms with Crippen LogP contribution in [0.5, 0.6) is 0 Å². The topological polar surface area (TPSA) is 101 Å². The Bertz CT molecular complexity index is 849. The summed E-state index contributed by atoms with van der Waals surface area (Å²) in [6, 6.07) is 9.79. The van der Waals surface area contributed by atoms with Gasteiger partial charge in [-0.3, -0.25) is 9.89 Å². The van der Waals surface area contributed by atoms with Gasteiger partial charge in [0.1, 0.15) is 6.54 Å². The molecular weight excluding hydrogens is 306 g/mol. The minimum atomic E-state index is -0.230. The van der Waals surface area contributed by atoms with Crippen LogP contribution < -0.4 is 5.32 Å². The van der Waals surface area contributed by atoms with Gasteiger partial charge in [0.05, 0.1) is 5.69 Å². The third-order valence-electron chi connectivity index (χ3n) is 3.65. The van der Waals surface area contributed by atoms with E-state index in [-0.39, 0.29) is 18.4 Å². The van der Waals surface area contributed by atoms with E-state index >= 15 is 0 Å². The molecule has 24 heavy (non-hydrogen) atoms. The number of aryl methyl sites for hydroxylation is 1. The number of benzene rings is 1. The van der Waals surface area contributed by atoms with Crippen LogP contribution in [0.2, 0.25) is 0 Å². The SMILES string of the molecule is Cc1ccccc1-c1cc(NC(=O)Cn2nnnc2C(C)C)n[nH]1. The zero-order chi connectivity index (χ0) is 17.1. The number of carbonyl (C=O) groups is 1. The summed E-state index contributed by atoms with van der Waals surface area (Å²) in [6.07, 6.45) is 0. The first kappa shape index (κ1) is 15.9. The molecule has 0 saturated heterocycles. The van der Waals surface area contributed by atoms with Gasteiger partial charge in [-0.15, -0.1) is 5.10 Å². The lowest BCUT2D eigenvalue weighted by Gasteiger charge is -2.06. The van der Waals surface area contributed by atoms with Gasteiger partial charge in [-0.05, 0) is 22.9 Å². The Hall–Kier alpha value is -3.03. The number of aromatic nitrogens is 6. The van der Waals surface area contributed by atoms with Crippen molar-refractivity contribution in [2.24, 2.45) is 0 Å². The number of carbonyl (C=O) groups excluding carboxylic acids is 1. The number of hydrogen-bond donors (Lipinski definition) is 2. The normalized spacial score (nSPS) is 11.0. The maximum Gasteiger partial charge on any atom is 0.247 e. The Labute approximate surface area is 139 Å². The number of hydrogen-bond acceptors (Lipinski definition) is 5. The van der Waals surface area contributed by atoms with E-state index in [9.17, 15) is 4.79 Å². The second-order valence-corrected chi connectivity index (χ2v) is 5.88. The van der Waals surface area contributed by atoms with E-state index in [2.05, 4.69) is 31.0 Å². The fraction of sp³-hybridized carbons (Fsp3) is 0.312. The number of anilines is 1. The number of tetrazole rings is 1. The second kappa shape index (κ2) is 6.61. The summed E-state index contributed by atoms with van der Waals surface area (Å²) in [6.45, 7) is 6.03. The van der Waals surface area contributed by atoms with Gasteiger partial charge in [-0.25, -0.2) is 4.68 Å². The molecule has 0 radical (unpaired) electrons. The van der Waals surface area contributed by atoms with E-state index in [4.69, 9.17) is 0 Å². The van der Waals surface area contributed by atoms with Gasteiger partial charge in [0.25, 0.3) is 0 Å².